The molecule has 1 atom stereocenters. The zero-order valence-electron chi connectivity index (χ0n) is 19.6. The van der Waals surface area contributed by atoms with Crippen molar-refractivity contribution in [2.24, 2.45) is 5.92 Å². The Morgan fingerprint density at radius 3 is 2.26 bits per heavy atom. The molecule has 0 spiro atoms. The van der Waals surface area contributed by atoms with Crippen LogP contribution in [0.15, 0.2) is 79.0 Å². The van der Waals surface area contributed by atoms with Crippen LogP contribution in [0.5, 0.6) is 5.75 Å². The number of piperidine rings is 1. The van der Waals surface area contributed by atoms with Crippen LogP contribution < -0.4 is 0 Å². The minimum atomic E-state index is 0.0792. The number of phenols is 1. The van der Waals surface area contributed by atoms with Gasteiger partial charge in [-0.3, -0.25) is 14.7 Å². The van der Waals surface area contributed by atoms with Crippen molar-refractivity contribution >= 4 is 5.91 Å². The highest BCUT2D eigenvalue weighted by Gasteiger charge is 2.41. The van der Waals surface area contributed by atoms with Gasteiger partial charge in [0.15, 0.2) is 0 Å². The molecule has 2 aromatic carbocycles. The van der Waals surface area contributed by atoms with Gasteiger partial charge in [0.2, 0.25) is 0 Å². The van der Waals surface area contributed by atoms with Gasteiger partial charge in [-0.1, -0.05) is 48.5 Å². The van der Waals surface area contributed by atoms with Crippen LogP contribution in [0.4, 0.5) is 0 Å². The summed E-state index contributed by atoms with van der Waals surface area (Å²) in [6.07, 6.45) is 6.93. The number of rotatable bonds is 8. The fraction of sp³-hybridized carbons (Fsp3) is 0.379. The molecule has 176 valence electrons. The molecule has 1 aliphatic heterocycles. The van der Waals surface area contributed by atoms with Gasteiger partial charge in [0, 0.05) is 24.8 Å². The van der Waals surface area contributed by atoms with E-state index < -0.39 is 0 Å². The van der Waals surface area contributed by atoms with Gasteiger partial charge in [-0.25, -0.2) is 0 Å². The highest BCUT2D eigenvalue weighted by Crippen LogP contribution is 2.36. The first-order chi connectivity index (χ1) is 16.7. The predicted octanol–water partition coefficient (Wildman–Crippen LogP) is 4.92. The van der Waals surface area contributed by atoms with Gasteiger partial charge in [-0.15, -0.1) is 0 Å². The molecule has 5 nitrogen and oxygen atoms in total. The molecular weight excluding hydrogens is 422 g/mol. The fourth-order valence-corrected chi connectivity index (χ4v) is 5.26. The first kappa shape index (κ1) is 22.6. The molecule has 2 fully saturated rings. The van der Waals surface area contributed by atoms with E-state index in [9.17, 15) is 9.90 Å². The number of phenolic OH excluding ortho intramolecular Hbond substituents is 1. The lowest BCUT2D eigenvalue weighted by atomic mass is 9.84. The average Bonchev–Trinajstić information content (AvgIpc) is 3.72. The Bertz CT molecular complexity index is 1060. The van der Waals surface area contributed by atoms with Gasteiger partial charge in [-0.05, 0) is 86.5 Å². The Labute approximate surface area is 202 Å². The average molecular weight is 456 g/mol. The fourth-order valence-electron chi connectivity index (χ4n) is 5.26. The second-order valence-electron chi connectivity index (χ2n) is 9.70. The first-order valence-electron chi connectivity index (χ1n) is 12.5. The van der Waals surface area contributed by atoms with Crippen molar-refractivity contribution in [3.05, 3.63) is 95.8 Å². The summed E-state index contributed by atoms with van der Waals surface area (Å²) in [5.41, 5.74) is 3.07. The zero-order valence-corrected chi connectivity index (χ0v) is 19.6. The van der Waals surface area contributed by atoms with E-state index in [-0.39, 0.29) is 11.9 Å². The van der Waals surface area contributed by atoms with E-state index in [4.69, 9.17) is 0 Å². The summed E-state index contributed by atoms with van der Waals surface area (Å²) in [6.45, 7) is 2.94. The Morgan fingerprint density at radius 2 is 1.62 bits per heavy atom. The van der Waals surface area contributed by atoms with Crippen LogP contribution >= 0.6 is 0 Å². The molecule has 1 saturated carbocycles. The van der Waals surface area contributed by atoms with Crippen molar-refractivity contribution in [1.82, 2.24) is 14.8 Å². The molecule has 3 aromatic rings. The molecular formula is C29H33N3O2. The molecule has 2 heterocycles. The Balaban J connectivity index is 1.33. The number of aromatic nitrogens is 1. The van der Waals surface area contributed by atoms with Gasteiger partial charge < -0.3 is 10.0 Å². The van der Waals surface area contributed by atoms with Gasteiger partial charge in [0.1, 0.15) is 11.4 Å². The van der Waals surface area contributed by atoms with Gasteiger partial charge >= 0.3 is 0 Å². The molecule has 0 bridgehead atoms. The first-order valence-corrected chi connectivity index (χ1v) is 12.5. The lowest BCUT2D eigenvalue weighted by Gasteiger charge is -2.42. The van der Waals surface area contributed by atoms with Crippen LogP contribution in [0.25, 0.3) is 0 Å². The lowest BCUT2D eigenvalue weighted by Crippen LogP contribution is -2.50. The van der Waals surface area contributed by atoms with Gasteiger partial charge in [0.25, 0.3) is 5.91 Å². The summed E-state index contributed by atoms with van der Waals surface area (Å²) in [5, 5.41) is 9.56. The van der Waals surface area contributed by atoms with Crippen LogP contribution in [0.1, 0.15) is 47.3 Å². The van der Waals surface area contributed by atoms with Crippen molar-refractivity contribution < 1.29 is 9.90 Å². The van der Waals surface area contributed by atoms with Crippen molar-refractivity contribution in [3.63, 3.8) is 0 Å². The van der Waals surface area contributed by atoms with Crippen molar-refractivity contribution in [2.75, 3.05) is 13.1 Å². The third-order valence-corrected chi connectivity index (χ3v) is 7.22. The molecule has 5 heteroatoms. The number of pyridine rings is 1. The maximum absolute atomic E-state index is 13.7. The molecule has 2 aliphatic rings. The second kappa shape index (κ2) is 10.4. The number of amides is 1. The Morgan fingerprint density at radius 1 is 0.912 bits per heavy atom. The predicted molar refractivity (Wildman–Crippen MR) is 133 cm³/mol. The number of benzene rings is 2. The maximum Gasteiger partial charge on any atom is 0.272 e. The molecule has 1 N–H and O–H groups in total. The summed E-state index contributed by atoms with van der Waals surface area (Å²) in [5.74, 6) is 0.851. The quantitative estimate of drug-likeness (QED) is 0.524. The highest BCUT2D eigenvalue weighted by atomic mass is 16.3. The van der Waals surface area contributed by atoms with Crippen molar-refractivity contribution in [2.45, 2.75) is 50.7 Å². The van der Waals surface area contributed by atoms with Crippen LogP contribution in [0.2, 0.25) is 0 Å². The van der Waals surface area contributed by atoms with E-state index in [2.05, 4.69) is 45.1 Å². The van der Waals surface area contributed by atoms with E-state index in [0.29, 0.717) is 23.4 Å². The SMILES string of the molecule is O=C(c1ccccn1)N(C1CC1)[C@H](Cc1ccccc1)C1CCN(Cc2ccc(O)cc2)CC1. The van der Waals surface area contributed by atoms with E-state index >= 15 is 0 Å². The van der Waals surface area contributed by atoms with Crippen LogP contribution in [-0.4, -0.2) is 51.0 Å². The van der Waals surface area contributed by atoms with Gasteiger partial charge in [0.05, 0.1) is 0 Å². The maximum atomic E-state index is 13.7. The number of likely N-dealkylation sites (tertiary alicyclic amines) is 1. The van der Waals surface area contributed by atoms with Crippen molar-refractivity contribution in [3.8, 4) is 5.75 Å². The molecule has 1 aromatic heterocycles. The normalized spacial score (nSPS) is 17.9. The second-order valence-corrected chi connectivity index (χ2v) is 9.70. The third-order valence-electron chi connectivity index (χ3n) is 7.22. The third kappa shape index (κ3) is 5.48. The molecule has 0 radical (unpaired) electrons. The van der Waals surface area contributed by atoms with E-state index in [1.54, 1.807) is 18.3 Å². The van der Waals surface area contributed by atoms with Gasteiger partial charge in [-0.2, -0.15) is 0 Å². The van der Waals surface area contributed by atoms with Crippen LogP contribution in [0.3, 0.4) is 0 Å². The minimum Gasteiger partial charge on any atom is -0.508 e. The molecule has 34 heavy (non-hydrogen) atoms. The lowest BCUT2D eigenvalue weighted by molar-refractivity contribution is 0.0477. The summed E-state index contributed by atoms with van der Waals surface area (Å²) in [7, 11) is 0. The Hall–Kier alpha value is -3.18. The monoisotopic (exact) mass is 455 g/mol. The number of hydrogen-bond donors (Lipinski definition) is 1. The molecule has 1 aliphatic carbocycles. The smallest absolute Gasteiger partial charge is 0.272 e. The van der Waals surface area contributed by atoms with Crippen LogP contribution in [-0.2, 0) is 13.0 Å². The molecule has 5 rings (SSSR count). The molecule has 0 unspecified atom stereocenters. The van der Waals surface area contributed by atoms with E-state index in [1.165, 1.54) is 11.1 Å². The summed E-state index contributed by atoms with van der Waals surface area (Å²) in [4.78, 5) is 22.7. The molecule has 1 saturated heterocycles. The Kier molecular flexibility index (Phi) is 6.91. The number of carbonyl (C=O) groups is 1. The number of nitrogens with zero attached hydrogens (tertiary/aromatic N) is 3. The van der Waals surface area contributed by atoms with E-state index in [0.717, 1.165) is 51.7 Å². The number of hydrogen-bond acceptors (Lipinski definition) is 4. The van der Waals surface area contributed by atoms with Crippen LogP contribution in [0, 0.1) is 5.92 Å². The number of aromatic hydroxyl groups is 1. The van der Waals surface area contributed by atoms with E-state index in [1.807, 2.05) is 30.3 Å². The summed E-state index contributed by atoms with van der Waals surface area (Å²) in [6, 6.07) is 24.2. The largest absolute Gasteiger partial charge is 0.508 e. The number of carbonyl (C=O) groups excluding carboxylic acids is 1. The topological polar surface area (TPSA) is 56.7 Å². The standard InChI is InChI=1S/C29H33N3O2/c33-26-13-9-23(10-14-26)21-31-18-15-24(16-19-31)28(20-22-6-2-1-3-7-22)32(25-11-12-25)29(34)27-8-4-5-17-30-27/h1-10,13-14,17,24-25,28,33H,11-12,15-16,18-21H2/t28-/m1/s1. The summed E-state index contributed by atoms with van der Waals surface area (Å²) < 4.78 is 0. The summed E-state index contributed by atoms with van der Waals surface area (Å²) >= 11 is 0. The minimum absolute atomic E-state index is 0.0792. The zero-order chi connectivity index (χ0) is 23.3. The highest BCUT2D eigenvalue weighted by molar-refractivity contribution is 5.93. The van der Waals surface area contributed by atoms with Crippen molar-refractivity contribution in [1.29, 1.82) is 0 Å². The molecule has 1 amide bonds.